The van der Waals surface area contributed by atoms with Gasteiger partial charge in [-0.05, 0) is 25.8 Å². The Hall–Kier alpha value is -0.560. The van der Waals surface area contributed by atoms with E-state index in [1.165, 1.54) is 4.31 Å². The normalized spacial score (nSPS) is 19.9. The summed E-state index contributed by atoms with van der Waals surface area (Å²) in [5.41, 5.74) is 0.818. The third kappa shape index (κ3) is 3.19. The Bertz CT molecular complexity index is 528. The van der Waals surface area contributed by atoms with Crippen molar-refractivity contribution in [2.45, 2.75) is 43.2 Å². The predicted molar refractivity (Wildman–Crippen MR) is 78.5 cm³/mol. The van der Waals surface area contributed by atoms with Gasteiger partial charge in [0.25, 0.3) is 0 Å². The summed E-state index contributed by atoms with van der Waals surface area (Å²) in [5.74, 6) is 0.304. The van der Waals surface area contributed by atoms with Gasteiger partial charge in [-0.2, -0.15) is 4.31 Å². The number of sulfonamides is 1. The number of nitrogens with zero attached hydrogens (tertiary/aromatic N) is 2. The molecule has 0 saturated carbocycles. The number of aryl methyl sites for hydroxylation is 1. The van der Waals surface area contributed by atoms with Crippen molar-refractivity contribution in [2.75, 3.05) is 20.2 Å². The smallest absolute Gasteiger partial charge is 0.244 e. The summed E-state index contributed by atoms with van der Waals surface area (Å²) < 4.78 is 33.8. The Morgan fingerprint density at radius 1 is 1.55 bits per heavy atom. The van der Waals surface area contributed by atoms with Crippen LogP contribution >= 0.6 is 11.6 Å². The predicted octanol–water partition coefficient (Wildman–Crippen LogP) is 2.05. The Balaban J connectivity index is 2.17. The average Bonchev–Trinajstić information content (AvgIpc) is 3.06. The first kappa shape index (κ1) is 15.8. The van der Waals surface area contributed by atoms with Gasteiger partial charge in [-0.1, -0.05) is 0 Å². The van der Waals surface area contributed by atoms with Crippen LogP contribution in [0.2, 0.25) is 0 Å². The Kier molecular flexibility index (Phi) is 5.12. The van der Waals surface area contributed by atoms with Gasteiger partial charge in [-0.25, -0.2) is 8.42 Å². The highest BCUT2D eigenvalue weighted by molar-refractivity contribution is 7.89. The molecule has 7 heteroatoms. The molecule has 5 nitrogen and oxygen atoms in total. The lowest BCUT2D eigenvalue weighted by atomic mass is 10.2. The molecule has 2 heterocycles. The summed E-state index contributed by atoms with van der Waals surface area (Å²) in [5, 5.41) is 0. The third-order valence-electron chi connectivity index (χ3n) is 3.63. The minimum absolute atomic E-state index is 0.00975. The molecule has 1 atom stereocenters. The second-order valence-corrected chi connectivity index (χ2v) is 7.32. The minimum Gasteiger partial charge on any atom is -0.377 e. The molecule has 0 aromatic carbocycles. The van der Waals surface area contributed by atoms with Crippen LogP contribution in [0.5, 0.6) is 0 Å². The van der Waals surface area contributed by atoms with Crippen molar-refractivity contribution < 1.29 is 13.2 Å². The van der Waals surface area contributed by atoms with Gasteiger partial charge in [-0.15, -0.1) is 11.6 Å². The topological polar surface area (TPSA) is 51.5 Å². The summed E-state index contributed by atoms with van der Waals surface area (Å²) in [6.07, 6.45) is 3.58. The summed E-state index contributed by atoms with van der Waals surface area (Å²) in [4.78, 5) is 0.301. The zero-order valence-corrected chi connectivity index (χ0v) is 13.5. The maximum atomic E-state index is 12.5. The van der Waals surface area contributed by atoms with Crippen LogP contribution in [-0.4, -0.2) is 43.6 Å². The van der Waals surface area contributed by atoms with E-state index in [0.717, 1.165) is 25.1 Å². The van der Waals surface area contributed by atoms with Crippen molar-refractivity contribution in [2.24, 2.45) is 0 Å². The molecule has 1 saturated heterocycles. The van der Waals surface area contributed by atoms with Gasteiger partial charge in [0.2, 0.25) is 10.0 Å². The monoisotopic (exact) mass is 320 g/mol. The quantitative estimate of drug-likeness (QED) is 0.754. The fourth-order valence-electron chi connectivity index (χ4n) is 2.42. The van der Waals surface area contributed by atoms with Crippen molar-refractivity contribution >= 4 is 21.6 Å². The van der Waals surface area contributed by atoms with Crippen LogP contribution in [0.4, 0.5) is 0 Å². The third-order valence-corrected chi connectivity index (χ3v) is 5.69. The van der Waals surface area contributed by atoms with Crippen LogP contribution in [0.15, 0.2) is 17.2 Å². The van der Waals surface area contributed by atoms with E-state index in [1.54, 1.807) is 19.3 Å². The summed E-state index contributed by atoms with van der Waals surface area (Å²) in [7, 11) is -1.88. The van der Waals surface area contributed by atoms with Crippen LogP contribution in [0.1, 0.15) is 25.5 Å². The molecule has 0 bridgehead atoms. The van der Waals surface area contributed by atoms with Crippen molar-refractivity contribution in [3.63, 3.8) is 0 Å². The lowest BCUT2D eigenvalue weighted by molar-refractivity contribution is 0.0979. The zero-order valence-electron chi connectivity index (χ0n) is 11.9. The van der Waals surface area contributed by atoms with E-state index in [9.17, 15) is 8.42 Å². The molecule has 1 fully saturated rings. The van der Waals surface area contributed by atoms with Gasteiger partial charge in [0.1, 0.15) is 4.90 Å². The molecule has 0 amide bonds. The largest absolute Gasteiger partial charge is 0.377 e. The van der Waals surface area contributed by atoms with Crippen molar-refractivity contribution in [1.82, 2.24) is 8.87 Å². The van der Waals surface area contributed by atoms with Gasteiger partial charge in [0, 0.05) is 38.6 Å². The summed E-state index contributed by atoms with van der Waals surface area (Å²) in [6.45, 7) is 3.78. The van der Waals surface area contributed by atoms with E-state index < -0.39 is 10.0 Å². The Morgan fingerprint density at radius 2 is 2.30 bits per heavy atom. The lowest BCUT2D eigenvalue weighted by Crippen LogP contribution is -2.33. The molecule has 114 valence electrons. The van der Waals surface area contributed by atoms with E-state index in [1.807, 2.05) is 11.5 Å². The zero-order chi connectivity index (χ0) is 14.8. The number of hydrogen-bond donors (Lipinski definition) is 0. The van der Waals surface area contributed by atoms with E-state index in [4.69, 9.17) is 16.3 Å². The standard InChI is InChI=1S/C13H21ClN2O3S/c1-3-16-10-13(7-11(16)8-14)20(17,18)15(2)9-12-5-4-6-19-12/h7,10,12H,3-6,8-9H2,1-2H3. The van der Waals surface area contributed by atoms with E-state index in [-0.39, 0.29) is 6.10 Å². The number of halogens is 1. The van der Waals surface area contributed by atoms with Crippen molar-refractivity contribution in [3.05, 3.63) is 18.0 Å². The van der Waals surface area contributed by atoms with Gasteiger partial charge in [0.15, 0.2) is 0 Å². The molecule has 20 heavy (non-hydrogen) atoms. The first-order valence-electron chi connectivity index (χ1n) is 6.82. The molecule has 1 aliphatic heterocycles. The number of ether oxygens (including phenoxy) is 1. The number of alkyl halides is 1. The SMILES string of the molecule is CCn1cc(S(=O)(=O)N(C)CC2CCCO2)cc1CCl. The van der Waals surface area contributed by atoms with Gasteiger partial charge < -0.3 is 9.30 Å². The molecule has 0 spiro atoms. The molecular formula is C13H21ClN2O3S. The number of likely N-dealkylation sites (N-methyl/N-ethyl adjacent to an activating group) is 1. The summed E-state index contributed by atoms with van der Waals surface area (Å²) >= 11 is 5.84. The summed E-state index contributed by atoms with van der Waals surface area (Å²) in [6, 6.07) is 1.65. The highest BCUT2D eigenvalue weighted by Gasteiger charge is 2.27. The maximum Gasteiger partial charge on any atom is 0.244 e. The maximum absolute atomic E-state index is 12.5. The highest BCUT2D eigenvalue weighted by Crippen LogP contribution is 2.21. The van der Waals surface area contributed by atoms with Crippen LogP contribution in [0, 0.1) is 0 Å². The molecule has 0 aliphatic carbocycles. The fourth-order valence-corrected chi connectivity index (χ4v) is 3.92. The molecule has 1 aromatic rings. The van der Waals surface area contributed by atoms with Crippen LogP contribution in [0.3, 0.4) is 0 Å². The van der Waals surface area contributed by atoms with Gasteiger partial charge in [0.05, 0.1) is 12.0 Å². The fraction of sp³-hybridized carbons (Fsp3) is 0.692. The second kappa shape index (κ2) is 6.47. The molecular weight excluding hydrogens is 300 g/mol. The second-order valence-electron chi connectivity index (χ2n) is 5.01. The molecule has 2 rings (SSSR count). The van der Waals surface area contributed by atoms with Gasteiger partial charge >= 0.3 is 0 Å². The minimum atomic E-state index is -3.47. The van der Waals surface area contributed by atoms with E-state index >= 15 is 0 Å². The molecule has 1 aliphatic rings. The number of aromatic nitrogens is 1. The molecule has 1 unspecified atom stereocenters. The number of hydrogen-bond acceptors (Lipinski definition) is 3. The first-order chi connectivity index (χ1) is 9.48. The van der Waals surface area contributed by atoms with Crippen LogP contribution in [-0.2, 0) is 27.2 Å². The average molecular weight is 321 g/mol. The molecule has 0 N–H and O–H groups in total. The van der Waals surface area contributed by atoms with Crippen LogP contribution < -0.4 is 0 Å². The first-order valence-corrected chi connectivity index (χ1v) is 8.79. The Morgan fingerprint density at radius 3 is 2.80 bits per heavy atom. The lowest BCUT2D eigenvalue weighted by Gasteiger charge is -2.19. The van der Waals surface area contributed by atoms with Crippen molar-refractivity contribution in [1.29, 1.82) is 0 Å². The molecule has 1 aromatic heterocycles. The molecule has 0 radical (unpaired) electrons. The van der Waals surface area contributed by atoms with E-state index in [0.29, 0.717) is 23.9 Å². The van der Waals surface area contributed by atoms with Crippen LogP contribution in [0.25, 0.3) is 0 Å². The van der Waals surface area contributed by atoms with E-state index in [2.05, 4.69) is 0 Å². The highest BCUT2D eigenvalue weighted by atomic mass is 35.5. The van der Waals surface area contributed by atoms with Gasteiger partial charge in [-0.3, -0.25) is 0 Å². The number of rotatable bonds is 6. The Labute approximate surface area is 125 Å². The van der Waals surface area contributed by atoms with Crippen molar-refractivity contribution in [3.8, 4) is 0 Å².